The Morgan fingerprint density at radius 1 is 1.17 bits per heavy atom. The van der Waals surface area contributed by atoms with E-state index in [-0.39, 0.29) is 11.5 Å². The molecule has 0 bridgehead atoms. The highest BCUT2D eigenvalue weighted by atomic mass is 16.5. The minimum atomic E-state index is -0.207. The molecule has 0 saturated heterocycles. The van der Waals surface area contributed by atoms with E-state index in [4.69, 9.17) is 9.47 Å². The van der Waals surface area contributed by atoms with Gasteiger partial charge in [0.15, 0.2) is 0 Å². The average molecular weight is 413 g/mol. The lowest BCUT2D eigenvalue weighted by Crippen LogP contribution is -2.31. The number of carbonyl (C=O) groups is 1. The summed E-state index contributed by atoms with van der Waals surface area (Å²) in [6.07, 6.45) is 3.67. The SMILES string of the molecule is CCOc1cccc(CNC(=O)c2c(OCC(C)C)cc(=O)n3c2CCCCC3)c1. The van der Waals surface area contributed by atoms with E-state index >= 15 is 0 Å². The molecular weight excluding hydrogens is 380 g/mol. The van der Waals surface area contributed by atoms with Crippen LogP contribution in [0.5, 0.6) is 11.5 Å². The van der Waals surface area contributed by atoms with Crippen LogP contribution in [-0.4, -0.2) is 23.7 Å². The molecule has 1 aliphatic heterocycles. The van der Waals surface area contributed by atoms with Crippen LogP contribution < -0.4 is 20.3 Å². The molecule has 1 amide bonds. The Bertz CT molecular complexity index is 933. The fourth-order valence-corrected chi connectivity index (χ4v) is 3.71. The molecule has 0 fully saturated rings. The van der Waals surface area contributed by atoms with Gasteiger partial charge in [0, 0.05) is 24.8 Å². The number of hydrogen-bond donors (Lipinski definition) is 1. The highest BCUT2D eigenvalue weighted by molar-refractivity contribution is 5.98. The predicted octanol–water partition coefficient (Wildman–Crippen LogP) is 3.94. The van der Waals surface area contributed by atoms with E-state index < -0.39 is 0 Å². The minimum absolute atomic E-state index is 0.0911. The largest absolute Gasteiger partial charge is 0.494 e. The van der Waals surface area contributed by atoms with Crippen LogP contribution in [0.25, 0.3) is 0 Å². The van der Waals surface area contributed by atoms with Crippen LogP contribution in [0.1, 0.15) is 61.6 Å². The van der Waals surface area contributed by atoms with Crippen molar-refractivity contribution < 1.29 is 14.3 Å². The first-order valence-corrected chi connectivity index (χ1v) is 10.9. The highest BCUT2D eigenvalue weighted by Crippen LogP contribution is 2.25. The molecule has 0 radical (unpaired) electrons. The Morgan fingerprint density at radius 3 is 2.77 bits per heavy atom. The Hall–Kier alpha value is -2.76. The van der Waals surface area contributed by atoms with Crippen LogP contribution in [0.3, 0.4) is 0 Å². The fourth-order valence-electron chi connectivity index (χ4n) is 3.71. The second-order valence-corrected chi connectivity index (χ2v) is 8.10. The molecule has 0 atom stereocenters. The molecule has 3 rings (SSSR count). The summed E-state index contributed by atoms with van der Waals surface area (Å²) >= 11 is 0. The van der Waals surface area contributed by atoms with Gasteiger partial charge < -0.3 is 19.4 Å². The molecule has 6 nitrogen and oxygen atoms in total. The Labute approximate surface area is 178 Å². The molecule has 0 saturated carbocycles. The van der Waals surface area contributed by atoms with Gasteiger partial charge in [0.2, 0.25) is 0 Å². The maximum atomic E-state index is 13.3. The van der Waals surface area contributed by atoms with Gasteiger partial charge in [-0.15, -0.1) is 0 Å². The van der Waals surface area contributed by atoms with Gasteiger partial charge in [-0.2, -0.15) is 0 Å². The summed E-state index contributed by atoms with van der Waals surface area (Å²) in [6, 6.07) is 9.17. The Balaban J connectivity index is 1.88. The van der Waals surface area contributed by atoms with E-state index in [1.165, 1.54) is 6.07 Å². The predicted molar refractivity (Wildman–Crippen MR) is 117 cm³/mol. The summed E-state index contributed by atoms with van der Waals surface area (Å²) < 4.78 is 13.2. The van der Waals surface area contributed by atoms with Gasteiger partial charge >= 0.3 is 0 Å². The molecule has 0 spiro atoms. The van der Waals surface area contributed by atoms with Crippen LogP contribution in [-0.2, 0) is 19.5 Å². The second-order valence-electron chi connectivity index (χ2n) is 8.10. The first-order valence-electron chi connectivity index (χ1n) is 10.9. The number of hydrogen-bond acceptors (Lipinski definition) is 4. The zero-order valence-electron chi connectivity index (χ0n) is 18.2. The smallest absolute Gasteiger partial charge is 0.257 e. The van der Waals surface area contributed by atoms with Gasteiger partial charge in [0.25, 0.3) is 11.5 Å². The molecule has 6 heteroatoms. The average Bonchev–Trinajstić information content (AvgIpc) is 2.97. The molecule has 2 aromatic rings. The first-order chi connectivity index (χ1) is 14.5. The summed E-state index contributed by atoms with van der Waals surface area (Å²) in [4.78, 5) is 25.9. The molecule has 1 aliphatic rings. The second kappa shape index (κ2) is 10.3. The van der Waals surface area contributed by atoms with Crippen molar-refractivity contribution in [2.45, 2.75) is 59.5 Å². The number of ether oxygens (including phenoxy) is 2. The maximum Gasteiger partial charge on any atom is 0.257 e. The third-order valence-corrected chi connectivity index (χ3v) is 5.14. The normalized spacial score (nSPS) is 13.5. The number of fused-ring (bicyclic) bond motifs is 1. The lowest BCUT2D eigenvalue weighted by Gasteiger charge is -2.19. The molecule has 1 aromatic heterocycles. The molecule has 1 N–H and O–H groups in total. The summed E-state index contributed by atoms with van der Waals surface area (Å²) in [7, 11) is 0. The van der Waals surface area contributed by atoms with Gasteiger partial charge in [0.1, 0.15) is 17.1 Å². The van der Waals surface area contributed by atoms with Gasteiger partial charge in [-0.25, -0.2) is 0 Å². The number of nitrogens with one attached hydrogen (secondary N) is 1. The first kappa shape index (κ1) is 21.9. The summed E-state index contributed by atoms with van der Waals surface area (Å²) in [5.41, 5.74) is 2.15. The molecular formula is C24H32N2O4. The van der Waals surface area contributed by atoms with E-state index in [2.05, 4.69) is 5.32 Å². The van der Waals surface area contributed by atoms with Crippen molar-refractivity contribution in [3.63, 3.8) is 0 Å². The van der Waals surface area contributed by atoms with Crippen LogP contribution in [0, 0.1) is 5.92 Å². The van der Waals surface area contributed by atoms with Crippen molar-refractivity contribution in [3.8, 4) is 11.5 Å². The van der Waals surface area contributed by atoms with E-state index in [1.807, 2.05) is 45.0 Å². The topological polar surface area (TPSA) is 69.6 Å². The minimum Gasteiger partial charge on any atom is -0.494 e. The van der Waals surface area contributed by atoms with Gasteiger partial charge in [-0.1, -0.05) is 32.4 Å². The van der Waals surface area contributed by atoms with E-state index in [9.17, 15) is 9.59 Å². The quantitative estimate of drug-likeness (QED) is 0.713. The number of pyridine rings is 1. The van der Waals surface area contributed by atoms with Crippen LogP contribution in [0.2, 0.25) is 0 Å². The lowest BCUT2D eigenvalue weighted by molar-refractivity contribution is 0.0943. The van der Waals surface area contributed by atoms with Crippen LogP contribution in [0.15, 0.2) is 35.1 Å². The standard InChI is InChI=1S/C24H32N2O4/c1-4-29-19-10-8-9-18(13-19)15-25-24(28)23-20-11-6-5-7-12-26(20)22(27)14-21(23)30-16-17(2)3/h8-10,13-14,17H,4-7,11-12,15-16H2,1-3H3,(H,25,28). The van der Waals surface area contributed by atoms with E-state index in [0.717, 1.165) is 36.3 Å². The molecule has 0 aliphatic carbocycles. The maximum absolute atomic E-state index is 13.3. The van der Waals surface area contributed by atoms with E-state index in [1.54, 1.807) is 4.57 Å². The van der Waals surface area contributed by atoms with Crippen LogP contribution in [0.4, 0.5) is 0 Å². The number of nitrogens with zero attached hydrogens (tertiary/aromatic N) is 1. The van der Waals surface area contributed by atoms with Crippen molar-refractivity contribution in [2.75, 3.05) is 13.2 Å². The van der Waals surface area contributed by atoms with Crippen molar-refractivity contribution in [2.24, 2.45) is 5.92 Å². The Kier molecular flexibility index (Phi) is 7.55. The van der Waals surface area contributed by atoms with Crippen molar-refractivity contribution in [1.82, 2.24) is 9.88 Å². The van der Waals surface area contributed by atoms with Gasteiger partial charge in [-0.3, -0.25) is 9.59 Å². The summed E-state index contributed by atoms with van der Waals surface area (Å²) in [5.74, 6) is 1.26. The molecule has 30 heavy (non-hydrogen) atoms. The lowest BCUT2D eigenvalue weighted by atomic mass is 10.1. The van der Waals surface area contributed by atoms with Gasteiger partial charge in [0.05, 0.1) is 13.2 Å². The fraction of sp³-hybridized carbons (Fsp3) is 0.500. The van der Waals surface area contributed by atoms with E-state index in [0.29, 0.717) is 50.0 Å². The molecule has 1 aromatic carbocycles. The number of carbonyl (C=O) groups excluding carboxylic acids is 1. The van der Waals surface area contributed by atoms with Crippen LogP contribution >= 0.6 is 0 Å². The number of benzene rings is 1. The molecule has 2 heterocycles. The van der Waals surface area contributed by atoms with Crippen molar-refractivity contribution in [1.29, 1.82) is 0 Å². The monoisotopic (exact) mass is 412 g/mol. The summed E-state index contributed by atoms with van der Waals surface area (Å²) in [5, 5.41) is 3.01. The van der Waals surface area contributed by atoms with Crippen molar-refractivity contribution >= 4 is 5.91 Å². The third-order valence-electron chi connectivity index (χ3n) is 5.14. The number of aromatic nitrogens is 1. The number of rotatable bonds is 8. The molecule has 0 unspecified atom stereocenters. The zero-order chi connectivity index (χ0) is 21.5. The number of amides is 1. The third kappa shape index (κ3) is 5.43. The Morgan fingerprint density at radius 2 is 2.00 bits per heavy atom. The van der Waals surface area contributed by atoms with Gasteiger partial charge in [-0.05, 0) is 49.8 Å². The highest BCUT2D eigenvalue weighted by Gasteiger charge is 2.24. The summed E-state index contributed by atoms with van der Waals surface area (Å²) in [6.45, 7) is 8.10. The van der Waals surface area contributed by atoms with Crippen molar-refractivity contribution in [3.05, 3.63) is 57.5 Å². The zero-order valence-corrected chi connectivity index (χ0v) is 18.2. The molecule has 162 valence electrons.